The second kappa shape index (κ2) is 5.63. The number of anilines is 1. The molecule has 2 aromatic heterocycles. The molecule has 0 amide bonds. The largest absolute Gasteiger partial charge is 0.438 e. The zero-order valence-electron chi connectivity index (χ0n) is 11.4. The number of nitriles is 1. The van der Waals surface area contributed by atoms with Crippen molar-refractivity contribution in [2.45, 2.75) is 6.10 Å². The SMILES string of the molecule is N#Cc1cccc2c(-c3ccc(N)c(OC(F)P)n3)c[nH]c12. The van der Waals surface area contributed by atoms with Gasteiger partial charge in [-0.2, -0.15) is 9.65 Å². The molecular formula is C15H12FN4OP. The number of aromatic amines is 1. The van der Waals surface area contributed by atoms with Gasteiger partial charge >= 0.3 is 0 Å². The predicted molar refractivity (Wildman–Crippen MR) is 85.9 cm³/mol. The van der Waals surface area contributed by atoms with Crippen molar-refractivity contribution < 1.29 is 9.13 Å². The van der Waals surface area contributed by atoms with Crippen LogP contribution in [0.15, 0.2) is 36.5 Å². The van der Waals surface area contributed by atoms with Crippen molar-refractivity contribution in [2.24, 2.45) is 0 Å². The molecule has 3 N–H and O–H groups in total. The number of nitrogens with two attached hydrogens (primary N) is 1. The molecule has 0 radical (unpaired) electrons. The van der Waals surface area contributed by atoms with E-state index in [1.807, 2.05) is 15.3 Å². The van der Waals surface area contributed by atoms with Gasteiger partial charge in [-0.05, 0) is 18.2 Å². The average molecular weight is 314 g/mol. The molecule has 2 atom stereocenters. The van der Waals surface area contributed by atoms with Crippen molar-refractivity contribution in [3.63, 3.8) is 0 Å². The van der Waals surface area contributed by atoms with Crippen LogP contribution >= 0.6 is 9.24 Å². The minimum Gasteiger partial charge on any atom is -0.438 e. The van der Waals surface area contributed by atoms with Crippen LogP contribution in [0.3, 0.4) is 0 Å². The molecule has 0 saturated carbocycles. The third kappa shape index (κ3) is 2.47. The first-order chi connectivity index (χ1) is 10.6. The highest BCUT2D eigenvalue weighted by molar-refractivity contribution is 7.16. The molecule has 7 heteroatoms. The number of aromatic nitrogens is 2. The maximum absolute atomic E-state index is 13.0. The van der Waals surface area contributed by atoms with Gasteiger partial charge in [-0.1, -0.05) is 21.4 Å². The lowest BCUT2D eigenvalue weighted by Gasteiger charge is -2.09. The van der Waals surface area contributed by atoms with E-state index in [0.29, 0.717) is 11.3 Å². The van der Waals surface area contributed by atoms with E-state index < -0.39 is 6.10 Å². The summed E-state index contributed by atoms with van der Waals surface area (Å²) in [5, 5.41) is 9.98. The van der Waals surface area contributed by atoms with E-state index in [4.69, 9.17) is 15.7 Å². The first kappa shape index (κ1) is 14.3. The first-order valence-corrected chi connectivity index (χ1v) is 7.10. The van der Waals surface area contributed by atoms with Crippen LogP contribution in [0.4, 0.5) is 10.1 Å². The van der Waals surface area contributed by atoms with Gasteiger partial charge in [-0.15, -0.1) is 0 Å². The van der Waals surface area contributed by atoms with Gasteiger partial charge in [-0.25, -0.2) is 4.98 Å². The lowest BCUT2D eigenvalue weighted by Crippen LogP contribution is -2.05. The van der Waals surface area contributed by atoms with E-state index in [1.165, 1.54) is 0 Å². The summed E-state index contributed by atoms with van der Waals surface area (Å²) < 4.78 is 17.9. The van der Waals surface area contributed by atoms with Gasteiger partial charge in [0.2, 0.25) is 5.88 Å². The normalized spacial score (nSPS) is 12.0. The smallest absolute Gasteiger partial charge is 0.251 e. The van der Waals surface area contributed by atoms with E-state index in [9.17, 15) is 4.39 Å². The van der Waals surface area contributed by atoms with E-state index in [0.717, 1.165) is 16.5 Å². The van der Waals surface area contributed by atoms with Crippen molar-refractivity contribution >= 4 is 25.8 Å². The van der Waals surface area contributed by atoms with Gasteiger partial charge in [0.1, 0.15) is 6.07 Å². The van der Waals surface area contributed by atoms with Gasteiger partial charge in [0.05, 0.1) is 22.5 Å². The van der Waals surface area contributed by atoms with Crippen LogP contribution in [0, 0.1) is 11.3 Å². The quantitative estimate of drug-likeness (QED) is 0.727. The van der Waals surface area contributed by atoms with Gasteiger partial charge < -0.3 is 15.5 Å². The Balaban J connectivity index is 2.14. The summed E-state index contributed by atoms with van der Waals surface area (Å²) in [4.78, 5) is 7.33. The maximum atomic E-state index is 13.0. The molecule has 1 aromatic carbocycles. The fourth-order valence-corrected chi connectivity index (χ4v) is 2.39. The molecule has 0 saturated heterocycles. The number of fused-ring (bicyclic) bond motifs is 1. The summed E-state index contributed by atoms with van der Waals surface area (Å²) >= 11 is 0. The molecule has 0 fully saturated rings. The highest BCUT2D eigenvalue weighted by atomic mass is 31.0. The third-order valence-corrected chi connectivity index (χ3v) is 3.36. The number of alkyl halides is 1. The van der Waals surface area contributed by atoms with Crippen molar-refractivity contribution in [2.75, 3.05) is 5.73 Å². The topological polar surface area (TPSA) is 87.7 Å². The molecule has 2 unspecified atom stereocenters. The number of ether oxygens (including phenoxy) is 1. The Labute approximate surface area is 128 Å². The van der Waals surface area contributed by atoms with Crippen LogP contribution in [-0.4, -0.2) is 16.1 Å². The van der Waals surface area contributed by atoms with Crippen molar-refractivity contribution in [1.29, 1.82) is 5.26 Å². The Kier molecular flexibility index (Phi) is 3.66. The van der Waals surface area contributed by atoms with E-state index in [1.54, 1.807) is 30.5 Å². The van der Waals surface area contributed by atoms with Crippen LogP contribution < -0.4 is 10.5 Å². The molecule has 22 heavy (non-hydrogen) atoms. The Morgan fingerprint density at radius 3 is 2.91 bits per heavy atom. The zero-order chi connectivity index (χ0) is 15.7. The summed E-state index contributed by atoms with van der Waals surface area (Å²) in [6.45, 7) is 0. The van der Waals surface area contributed by atoms with Gasteiger partial charge in [0.15, 0.2) is 0 Å². The third-order valence-electron chi connectivity index (χ3n) is 3.23. The molecule has 0 aliphatic rings. The standard InChI is InChI=1S/C15H12FN4OP/c16-15(22)21-14-11(18)4-5-12(20-14)10-7-19-13-8(6-17)2-1-3-9(10)13/h1-5,7,15,19H,18,22H2. The van der Waals surface area contributed by atoms with Crippen LogP contribution in [0.25, 0.3) is 22.2 Å². The molecule has 0 aliphatic carbocycles. The number of hydrogen-bond acceptors (Lipinski definition) is 4. The van der Waals surface area contributed by atoms with Crippen LogP contribution in [0.2, 0.25) is 0 Å². The van der Waals surface area contributed by atoms with E-state index in [-0.39, 0.29) is 11.6 Å². The fraction of sp³-hybridized carbons (Fsp3) is 0.0667. The Hall–Kier alpha value is -2.64. The van der Waals surface area contributed by atoms with Gasteiger partial charge in [0, 0.05) is 17.1 Å². The molecular weight excluding hydrogens is 302 g/mol. The lowest BCUT2D eigenvalue weighted by molar-refractivity contribution is 0.148. The minimum absolute atomic E-state index is 0.0331. The number of rotatable bonds is 3. The number of hydrogen-bond donors (Lipinski definition) is 2. The molecule has 110 valence electrons. The molecule has 0 spiro atoms. The molecule has 0 bridgehead atoms. The summed E-state index contributed by atoms with van der Waals surface area (Å²) in [6.07, 6.45) is 0.166. The number of nitrogens with zero attached hydrogens (tertiary/aromatic N) is 2. The van der Waals surface area contributed by atoms with Crippen molar-refractivity contribution in [3.05, 3.63) is 42.1 Å². The van der Waals surface area contributed by atoms with Gasteiger partial charge in [-0.3, -0.25) is 0 Å². The number of para-hydroxylation sites is 1. The Morgan fingerprint density at radius 1 is 1.36 bits per heavy atom. The summed E-state index contributed by atoms with van der Waals surface area (Å²) in [7, 11) is 1.88. The Morgan fingerprint density at radius 2 is 2.18 bits per heavy atom. The average Bonchev–Trinajstić information content (AvgIpc) is 2.93. The van der Waals surface area contributed by atoms with Crippen LogP contribution in [-0.2, 0) is 0 Å². The highest BCUT2D eigenvalue weighted by Gasteiger charge is 2.13. The minimum atomic E-state index is -1.58. The molecule has 0 aliphatic heterocycles. The second-order valence-electron chi connectivity index (χ2n) is 4.60. The second-order valence-corrected chi connectivity index (χ2v) is 5.13. The van der Waals surface area contributed by atoms with E-state index >= 15 is 0 Å². The number of nitrogen functional groups attached to an aromatic ring is 1. The van der Waals surface area contributed by atoms with Crippen LogP contribution in [0.5, 0.6) is 5.88 Å². The number of benzene rings is 1. The number of H-pyrrole nitrogens is 1. The summed E-state index contributed by atoms with van der Waals surface area (Å²) in [6, 6.07) is 10.9. The number of pyridine rings is 1. The maximum Gasteiger partial charge on any atom is 0.251 e. The van der Waals surface area contributed by atoms with Crippen molar-refractivity contribution in [3.8, 4) is 23.2 Å². The van der Waals surface area contributed by atoms with Crippen molar-refractivity contribution in [1.82, 2.24) is 9.97 Å². The lowest BCUT2D eigenvalue weighted by atomic mass is 10.1. The van der Waals surface area contributed by atoms with Crippen LogP contribution in [0.1, 0.15) is 5.56 Å². The molecule has 2 heterocycles. The molecule has 3 aromatic rings. The predicted octanol–water partition coefficient (Wildman–Crippen LogP) is 3.19. The first-order valence-electron chi connectivity index (χ1n) is 6.43. The zero-order valence-corrected chi connectivity index (χ0v) is 12.5. The highest BCUT2D eigenvalue weighted by Crippen LogP contribution is 2.32. The summed E-state index contributed by atoms with van der Waals surface area (Å²) in [5.41, 5.74) is 8.64. The monoisotopic (exact) mass is 314 g/mol. The summed E-state index contributed by atoms with van der Waals surface area (Å²) in [5.74, 6) is 0.0331. The molecule has 3 rings (SSSR count). The van der Waals surface area contributed by atoms with E-state index in [2.05, 4.69) is 16.0 Å². The molecule has 5 nitrogen and oxygen atoms in total. The number of nitrogens with one attached hydrogen (secondary N) is 1. The Bertz CT molecular complexity index is 885. The fourth-order valence-electron chi connectivity index (χ4n) is 2.26. The number of halogens is 1. The van der Waals surface area contributed by atoms with Gasteiger partial charge in [0.25, 0.3) is 6.10 Å².